The van der Waals surface area contributed by atoms with Gasteiger partial charge in [-0.05, 0) is 31.9 Å². The molecule has 0 radical (unpaired) electrons. The zero-order valence-corrected chi connectivity index (χ0v) is 11.5. The van der Waals surface area contributed by atoms with Crippen molar-refractivity contribution in [2.75, 3.05) is 17.2 Å². The highest BCUT2D eigenvalue weighted by atomic mass is 15.2. The number of nitrogens with zero attached hydrogens (tertiary/aromatic N) is 2. The van der Waals surface area contributed by atoms with Gasteiger partial charge in [-0.1, -0.05) is 25.0 Å². The molecule has 0 bridgehead atoms. The van der Waals surface area contributed by atoms with Gasteiger partial charge in [0.05, 0.1) is 11.2 Å². The quantitative estimate of drug-likeness (QED) is 0.792. The highest BCUT2D eigenvalue weighted by Gasteiger charge is 2.19. The molecule has 1 aliphatic rings. The second-order valence-corrected chi connectivity index (χ2v) is 5.47. The number of hydrogen-bond acceptors (Lipinski definition) is 3. The first kappa shape index (κ1) is 12.3. The summed E-state index contributed by atoms with van der Waals surface area (Å²) < 4.78 is 0. The van der Waals surface area contributed by atoms with Gasteiger partial charge in [-0.15, -0.1) is 0 Å². The smallest absolute Gasteiger partial charge is 0.0951 e. The van der Waals surface area contributed by atoms with Gasteiger partial charge in [-0.3, -0.25) is 4.98 Å². The summed E-state index contributed by atoms with van der Waals surface area (Å²) in [4.78, 5) is 6.96. The molecule has 0 spiro atoms. The Morgan fingerprint density at radius 3 is 3.00 bits per heavy atom. The summed E-state index contributed by atoms with van der Waals surface area (Å²) in [5, 5.41) is 1.18. The van der Waals surface area contributed by atoms with Crippen molar-refractivity contribution in [3.63, 3.8) is 0 Å². The zero-order chi connectivity index (χ0) is 13.2. The summed E-state index contributed by atoms with van der Waals surface area (Å²) in [6.45, 7) is 3.46. The van der Waals surface area contributed by atoms with Crippen LogP contribution >= 0.6 is 0 Å². The minimum atomic E-state index is 0.592. The van der Waals surface area contributed by atoms with Crippen molar-refractivity contribution < 1.29 is 0 Å². The fourth-order valence-corrected chi connectivity index (χ4v) is 3.07. The molecule has 1 atom stereocenters. The number of anilines is 2. The van der Waals surface area contributed by atoms with Gasteiger partial charge in [0.25, 0.3) is 0 Å². The Morgan fingerprint density at radius 1 is 1.21 bits per heavy atom. The highest BCUT2D eigenvalue weighted by molar-refractivity contribution is 5.98. The minimum Gasteiger partial charge on any atom is -0.397 e. The summed E-state index contributed by atoms with van der Waals surface area (Å²) in [5.41, 5.74) is 9.02. The maximum absolute atomic E-state index is 6.04. The molecule has 19 heavy (non-hydrogen) atoms. The molecule has 1 fully saturated rings. The van der Waals surface area contributed by atoms with Crippen molar-refractivity contribution in [2.45, 2.75) is 38.6 Å². The van der Waals surface area contributed by atoms with Crippen LogP contribution in [0.1, 0.15) is 32.6 Å². The lowest BCUT2D eigenvalue weighted by Gasteiger charge is -2.30. The average molecular weight is 255 g/mol. The number of nitrogen functional groups attached to an aromatic ring is 1. The summed E-state index contributed by atoms with van der Waals surface area (Å²) in [7, 11) is 0. The molecule has 0 amide bonds. The number of para-hydroxylation sites is 1. The summed E-state index contributed by atoms with van der Waals surface area (Å²) in [6.07, 6.45) is 7.10. The number of benzene rings is 1. The van der Waals surface area contributed by atoms with Gasteiger partial charge in [-0.2, -0.15) is 0 Å². The van der Waals surface area contributed by atoms with E-state index in [-0.39, 0.29) is 0 Å². The number of rotatable bonds is 1. The van der Waals surface area contributed by atoms with Crippen LogP contribution in [-0.2, 0) is 0 Å². The van der Waals surface area contributed by atoms with E-state index in [4.69, 9.17) is 5.73 Å². The van der Waals surface area contributed by atoms with Crippen LogP contribution in [0.5, 0.6) is 0 Å². The van der Waals surface area contributed by atoms with Crippen molar-refractivity contribution in [2.24, 2.45) is 0 Å². The Kier molecular flexibility index (Phi) is 3.28. The maximum atomic E-state index is 6.04. The van der Waals surface area contributed by atoms with E-state index in [0.29, 0.717) is 6.04 Å². The van der Waals surface area contributed by atoms with Crippen LogP contribution in [0.3, 0.4) is 0 Å². The number of hydrogen-bond donors (Lipinski definition) is 1. The number of fused-ring (bicyclic) bond motifs is 1. The van der Waals surface area contributed by atoms with E-state index in [1.165, 1.54) is 36.8 Å². The topological polar surface area (TPSA) is 42.2 Å². The van der Waals surface area contributed by atoms with E-state index in [1.54, 1.807) is 0 Å². The molecule has 100 valence electrons. The van der Waals surface area contributed by atoms with Gasteiger partial charge >= 0.3 is 0 Å². The molecule has 1 aromatic carbocycles. The third-order valence-electron chi connectivity index (χ3n) is 4.14. The third-order valence-corrected chi connectivity index (χ3v) is 4.14. The molecule has 3 rings (SSSR count). The fourth-order valence-electron chi connectivity index (χ4n) is 3.07. The van der Waals surface area contributed by atoms with Gasteiger partial charge in [0, 0.05) is 29.9 Å². The zero-order valence-electron chi connectivity index (χ0n) is 11.5. The van der Waals surface area contributed by atoms with E-state index >= 15 is 0 Å². The van der Waals surface area contributed by atoms with E-state index in [2.05, 4.69) is 28.9 Å². The Balaban J connectivity index is 2.11. The monoisotopic (exact) mass is 255 g/mol. The lowest BCUT2D eigenvalue weighted by atomic mass is 10.1. The van der Waals surface area contributed by atoms with Crippen LogP contribution in [0.15, 0.2) is 30.5 Å². The Labute approximate surface area is 114 Å². The van der Waals surface area contributed by atoms with Gasteiger partial charge in [-0.25, -0.2) is 0 Å². The normalized spacial score (nSPS) is 20.5. The summed E-state index contributed by atoms with van der Waals surface area (Å²) in [5.74, 6) is 0. The lowest BCUT2D eigenvalue weighted by Crippen LogP contribution is -2.32. The fraction of sp³-hybridized carbons (Fsp3) is 0.438. The maximum Gasteiger partial charge on any atom is 0.0951 e. The standard InChI is InChI=1S/C16H21N3/c1-12-6-3-2-4-11-19(12)15-9-10-18-16-13(15)7-5-8-14(16)17/h5,7-10,12H,2-4,6,11,17H2,1H3. The predicted octanol–water partition coefficient (Wildman–Crippen LogP) is 3.59. The summed E-state index contributed by atoms with van der Waals surface area (Å²) >= 11 is 0. The molecule has 1 aliphatic heterocycles. The van der Waals surface area contributed by atoms with Crippen molar-refractivity contribution in [1.82, 2.24) is 4.98 Å². The van der Waals surface area contributed by atoms with Crippen LogP contribution in [0.4, 0.5) is 11.4 Å². The molecule has 1 aromatic heterocycles. The lowest BCUT2D eigenvalue weighted by molar-refractivity contribution is 0.617. The van der Waals surface area contributed by atoms with Crippen LogP contribution < -0.4 is 10.6 Å². The highest BCUT2D eigenvalue weighted by Crippen LogP contribution is 2.31. The molecule has 0 aliphatic carbocycles. The van der Waals surface area contributed by atoms with E-state index in [0.717, 1.165) is 17.7 Å². The van der Waals surface area contributed by atoms with Crippen LogP contribution in [0.2, 0.25) is 0 Å². The molecule has 1 saturated heterocycles. The van der Waals surface area contributed by atoms with Crippen molar-refractivity contribution >= 4 is 22.3 Å². The van der Waals surface area contributed by atoms with Gasteiger partial charge in [0.2, 0.25) is 0 Å². The number of aromatic nitrogens is 1. The number of nitrogens with two attached hydrogens (primary N) is 1. The molecule has 1 unspecified atom stereocenters. The molecular weight excluding hydrogens is 234 g/mol. The Morgan fingerprint density at radius 2 is 2.11 bits per heavy atom. The largest absolute Gasteiger partial charge is 0.397 e. The van der Waals surface area contributed by atoms with Gasteiger partial charge in [0.15, 0.2) is 0 Å². The average Bonchev–Trinajstić information content (AvgIpc) is 2.63. The van der Waals surface area contributed by atoms with Crippen molar-refractivity contribution in [3.8, 4) is 0 Å². The first-order chi connectivity index (χ1) is 9.27. The molecule has 2 aromatic rings. The minimum absolute atomic E-state index is 0.592. The van der Waals surface area contributed by atoms with E-state index in [9.17, 15) is 0 Å². The Hall–Kier alpha value is -1.77. The van der Waals surface area contributed by atoms with Crippen LogP contribution in [0, 0.1) is 0 Å². The van der Waals surface area contributed by atoms with Crippen LogP contribution in [-0.4, -0.2) is 17.6 Å². The first-order valence-electron chi connectivity index (χ1n) is 7.17. The van der Waals surface area contributed by atoms with Crippen LogP contribution in [0.25, 0.3) is 10.9 Å². The predicted molar refractivity (Wildman–Crippen MR) is 81.4 cm³/mol. The molecule has 2 heterocycles. The summed E-state index contributed by atoms with van der Waals surface area (Å²) in [6, 6.07) is 8.79. The SMILES string of the molecule is CC1CCCCCN1c1ccnc2c(N)cccc12. The molecule has 2 N–H and O–H groups in total. The molecule has 3 heteroatoms. The van der Waals surface area contributed by atoms with Crippen molar-refractivity contribution in [1.29, 1.82) is 0 Å². The van der Waals surface area contributed by atoms with Gasteiger partial charge < -0.3 is 10.6 Å². The Bertz CT molecular complexity index is 579. The third kappa shape index (κ3) is 2.25. The molecule has 0 saturated carbocycles. The number of pyridine rings is 1. The second kappa shape index (κ2) is 5.08. The van der Waals surface area contributed by atoms with E-state index < -0.39 is 0 Å². The molecular formula is C16H21N3. The molecule has 3 nitrogen and oxygen atoms in total. The van der Waals surface area contributed by atoms with Gasteiger partial charge in [0.1, 0.15) is 0 Å². The van der Waals surface area contributed by atoms with E-state index in [1.807, 2.05) is 18.3 Å². The second-order valence-electron chi connectivity index (χ2n) is 5.47. The first-order valence-corrected chi connectivity index (χ1v) is 7.17. The van der Waals surface area contributed by atoms with Crippen molar-refractivity contribution in [3.05, 3.63) is 30.5 Å².